The molecule has 1 aliphatic heterocycles. The molecule has 0 fully saturated rings. The van der Waals surface area contributed by atoms with E-state index in [9.17, 15) is 8.42 Å². The fourth-order valence-electron chi connectivity index (χ4n) is 5.15. The van der Waals surface area contributed by atoms with E-state index in [-0.39, 0.29) is 16.3 Å². The Bertz CT molecular complexity index is 1490. The lowest BCUT2D eigenvalue weighted by Crippen LogP contribution is -2.31. The number of aryl methyl sites for hydroxylation is 2. The van der Waals surface area contributed by atoms with Crippen LogP contribution in [0.4, 0.5) is 17.5 Å². The minimum absolute atomic E-state index is 0.0872. The number of halogens is 1. The zero-order valence-corrected chi connectivity index (χ0v) is 23.0. The molecule has 0 bridgehead atoms. The van der Waals surface area contributed by atoms with Gasteiger partial charge in [0.05, 0.1) is 24.2 Å². The smallest absolute Gasteiger partial charge is 0.229 e. The van der Waals surface area contributed by atoms with Crippen LogP contribution in [0.1, 0.15) is 42.7 Å². The van der Waals surface area contributed by atoms with Gasteiger partial charge in [0.1, 0.15) is 18.2 Å². The van der Waals surface area contributed by atoms with E-state index in [1.165, 1.54) is 5.56 Å². The van der Waals surface area contributed by atoms with Crippen LogP contribution in [0.25, 0.3) is 11.1 Å². The zero-order valence-electron chi connectivity index (χ0n) is 21.4. The molecule has 0 saturated heterocycles. The number of sulfonamides is 1. The van der Waals surface area contributed by atoms with Gasteiger partial charge in [-0.3, -0.25) is 4.72 Å². The Morgan fingerprint density at radius 1 is 1.19 bits per heavy atom. The lowest BCUT2D eigenvalue weighted by atomic mass is 9.76. The highest BCUT2D eigenvalue weighted by atomic mass is 35.5. The van der Waals surface area contributed by atoms with Gasteiger partial charge in [0.2, 0.25) is 16.0 Å². The molecule has 3 heterocycles. The molecule has 0 atom stereocenters. The van der Waals surface area contributed by atoms with E-state index < -0.39 is 10.0 Å². The van der Waals surface area contributed by atoms with Crippen LogP contribution < -0.4 is 20.1 Å². The fourth-order valence-corrected chi connectivity index (χ4v) is 5.91. The molecule has 5 rings (SSSR count). The van der Waals surface area contributed by atoms with E-state index in [1.54, 1.807) is 12.3 Å². The van der Waals surface area contributed by atoms with Crippen molar-refractivity contribution in [1.82, 2.24) is 15.0 Å². The third-order valence-corrected chi connectivity index (χ3v) is 7.76. The molecule has 9 nitrogen and oxygen atoms in total. The number of hydrogen-bond acceptors (Lipinski definition) is 8. The first-order valence-corrected chi connectivity index (χ1v) is 14.5. The van der Waals surface area contributed by atoms with E-state index in [0.29, 0.717) is 25.6 Å². The maximum atomic E-state index is 11.8. The van der Waals surface area contributed by atoms with Crippen molar-refractivity contribution < 1.29 is 13.2 Å². The number of rotatable bonds is 4. The Morgan fingerprint density at radius 3 is 2.73 bits per heavy atom. The number of nitrogen functional groups attached to an aromatic ring is 1. The lowest BCUT2D eigenvalue weighted by molar-refractivity contribution is 0.311. The number of hydrogen-bond donors (Lipinski definition) is 2. The summed E-state index contributed by atoms with van der Waals surface area (Å²) in [6.07, 6.45) is 5.56. The van der Waals surface area contributed by atoms with Gasteiger partial charge in [-0.2, -0.15) is 4.98 Å². The van der Waals surface area contributed by atoms with Crippen molar-refractivity contribution >= 4 is 39.1 Å². The summed E-state index contributed by atoms with van der Waals surface area (Å²) in [4.78, 5) is 15.7. The van der Waals surface area contributed by atoms with Crippen molar-refractivity contribution in [2.75, 3.05) is 34.8 Å². The van der Waals surface area contributed by atoms with E-state index in [0.717, 1.165) is 65.0 Å². The first-order chi connectivity index (χ1) is 17.4. The monoisotopic (exact) mass is 542 g/mol. The second kappa shape index (κ2) is 9.33. The molecule has 0 radical (unpaired) electrons. The number of ether oxygens (including phenoxy) is 1. The van der Waals surface area contributed by atoms with Crippen LogP contribution in [-0.4, -0.2) is 42.8 Å². The van der Waals surface area contributed by atoms with Crippen LogP contribution in [0.2, 0.25) is 5.15 Å². The second-order valence-corrected chi connectivity index (χ2v) is 12.8. The van der Waals surface area contributed by atoms with E-state index in [2.05, 4.69) is 39.5 Å². The molecule has 0 unspecified atom stereocenters. The number of benzene rings is 1. The van der Waals surface area contributed by atoms with Crippen molar-refractivity contribution in [2.45, 2.75) is 46.6 Å². The van der Waals surface area contributed by atoms with Crippen LogP contribution in [0.5, 0.6) is 5.75 Å². The average molecular weight is 543 g/mol. The normalized spacial score (nSPS) is 16.8. The Labute approximate surface area is 222 Å². The molecule has 0 spiro atoms. The summed E-state index contributed by atoms with van der Waals surface area (Å²) < 4.78 is 32.2. The molecule has 2 aliphatic rings. The Morgan fingerprint density at radius 2 is 1.97 bits per heavy atom. The molecule has 1 aromatic carbocycles. The number of pyridine rings is 1. The standard InChI is InChI=1S/C26H31ClN6O3S/c1-15-9-16(17-11-21(23(27)29-13-17)32-37(4,34)35)10-18-14-33(7-8-36-22(15)18)24-19-12-26(2,3)6-5-20(19)30-25(28)31-24/h9-11,13,32H,5-8,12,14H2,1-4H3,(H2,28,30,31). The van der Waals surface area contributed by atoms with Crippen molar-refractivity contribution in [1.29, 1.82) is 0 Å². The van der Waals surface area contributed by atoms with Gasteiger partial charge in [-0.25, -0.2) is 18.4 Å². The van der Waals surface area contributed by atoms with E-state index >= 15 is 0 Å². The maximum Gasteiger partial charge on any atom is 0.229 e. The molecule has 1 aliphatic carbocycles. The maximum absolute atomic E-state index is 11.8. The molecule has 11 heteroatoms. The minimum atomic E-state index is -3.51. The molecule has 3 N–H and O–H groups in total. The Kier molecular flexibility index (Phi) is 6.44. The molecule has 2 aromatic heterocycles. The average Bonchev–Trinajstić information content (AvgIpc) is 3.02. The molecule has 3 aromatic rings. The first kappa shape index (κ1) is 25.5. The highest BCUT2D eigenvalue weighted by Crippen LogP contribution is 2.40. The van der Waals surface area contributed by atoms with Gasteiger partial charge in [-0.15, -0.1) is 0 Å². The number of nitrogens with two attached hydrogens (primary N) is 1. The van der Waals surface area contributed by atoms with Gasteiger partial charge in [0.25, 0.3) is 0 Å². The van der Waals surface area contributed by atoms with Gasteiger partial charge in [-0.1, -0.05) is 25.4 Å². The number of anilines is 3. The van der Waals surface area contributed by atoms with Crippen molar-refractivity contribution in [3.63, 3.8) is 0 Å². The van der Waals surface area contributed by atoms with Gasteiger partial charge in [0.15, 0.2) is 5.15 Å². The quantitative estimate of drug-likeness (QED) is 0.466. The van der Waals surface area contributed by atoms with Crippen molar-refractivity contribution in [2.24, 2.45) is 5.41 Å². The molecular formula is C26H31ClN6O3S. The number of nitrogens with zero attached hydrogens (tertiary/aromatic N) is 4. The zero-order chi connectivity index (χ0) is 26.5. The van der Waals surface area contributed by atoms with Gasteiger partial charge in [-0.05, 0) is 60.9 Å². The first-order valence-electron chi connectivity index (χ1n) is 12.2. The predicted octanol–water partition coefficient (Wildman–Crippen LogP) is 4.37. The van der Waals surface area contributed by atoms with Crippen molar-refractivity contribution in [3.05, 3.63) is 51.9 Å². The highest BCUT2D eigenvalue weighted by molar-refractivity contribution is 7.92. The van der Waals surface area contributed by atoms with Crippen molar-refractivity contribution in [3.8, 4) is 16.9 Å². The molecule has 37 heavy (non-hydrogen) atoms. The van der Waals surface area contributed by atoms with E-state index in [1.807, 2.05) is 13.0 Å². The molecular weight excluding hydrogens is 512 g/mol. The van der Waals surface area contributed by atoms with Crippen LogP contribution in [0.15, 0.2) is 24.4 Å². The number of nitrogens with one attached hydrogen (secondary N) is 1. The van der Waals surface area contributed by atoms with Crippen LogP contribution in [0, 0.1) is 12.3 Å². The van der Waals surface area contributed by atoms with Gasteiger partial charge < -0.3 is 15.4 Å². The summed E-state index contributed by atoms with van der Waals surface area (Å²) in [7, 11) is -3.51. The number of fused-ring (bicyclic) bond motifs is 2. The summed E-state index contributed by atoms with van der Waals surface area (Å²) in [6.45, 7) is 8.32. The largest absolute Gasteiger partial charge is 0.491 e. The predicted molar refractivity (Wildman–Crippen MR) is 147 cm³/mol. The second-order valence-electron chi connectivity index (χ2n) is 10.7. The third kappa shape index (κ3) is 5.45. The Balaban J connectivity index is 1.54. The summed E-state index contributed by atoms with van der Waals surface area (Å²) >= 11 is 6.15. The molecule has 196 valence electrons. The third-order valence-electron chi connectivity index (χ3n) is 6.87. The lowest BCUT2D eigenvalue weighted by Gasteiger charge is -2.34. The summed E-state index contributed by atoms with van der Waals surface area (Å²) in [6, 6.07) is 5.75. The molecule has 0 saturated carbocycles. The topological polar surface area (TPSA) is 123 Å². The highest BCUT2D eigenvalue weighted by Gasteiger charge is 2.31. The summed E-state index contributed by atoms with van der Waals surface area (Å²) in [5.41, 5.74) is 12.3. The Hall–Kier alpha value is -3.11. The SMILES string of the molecule is Cc1cc(-c2cnc(Cl)c(NS(C)(=O)=O)c2)cc2c1OCCN(c1nc(N)nc3c1CC(C)(C)CC3)C2. The summed E-state index contributed by atoms with van der Waals surface area (Å²) in [5.74, 6) is 2.02. The van der Waals surface area contributed by atoms with Crippen LogP contribution >= 0.6 is 11.6 Å². The fraction of sp³-hybridized carbons (Fsp3) is 0.423. The van der Waals surface area contributed by atoms with Crippen LogP contribution in [0.3, 0.4) is 0 Å². The number of aromatic nitrogens is 3. The summed E-state index contributed by atoms with van der Waals surface area (Å²) in [5, 5.41) is 0.0872. The minimum Gasteiger partial charge on any atom is -0.491 e. The molecule has 0 amide bonds. The van der Waals surface area contributed by atoms with Gasteiger partial charge >= 0.3 is 0 Å². The van der Waals surface area contributed by atoms with E-state index in [4.69, 9.17) is 27.1 Å². The van der Waals surface area contributed by atoms with Crippen LogP contribution in [-0.2, 0) is 29.4 Å². The van der Waals surface area contributed by atoms with Gasteiger partial charge in [0, 0.05) is 29.4 Å².